The van der Waals surface area contributed by atoms with E-state index in [1.807, 2.05) is 0 Å². The molecule has 1 aliphatic heterocycles. The number of hydrogen-bond donors (Lipinski definition) is 1. The van der Waals surface area contributed by atoms with Gasteiger partial charge in [-0.2, -0.15) is 0 Å². The van der Waals surface area contributed by atoms with E-state index in [-0.39, 0.29) is 12.1 Å². The average molecular weight is 261 g/mol. The van der Waals surface area contributed by atoms with Gasteiger partial charge in [-0.05, 0) is 24.0 Å². The topological polar surface area (TPSA) is 35.2 Å². The van der Waals surface area contributed by atoms with Gasteiger partial charge in [-0.1, -0.05) is 63.3 Å². The second-order valence-corrected chi connectivity index (χ2v) is 5.61. The molecule has 0 radical (unpaired) electrons. The summed E-state index contributed by atoms with van der Waals surface area (Å²) in [7, 11) is 0. The molecule has 0 amide bonds. The Morgan fingerprint density at radius 1 is 1.21 bits per heavy atom. The molecular weight excluding hydrogens is 234 g/mol. The van der Waals surface area contributed by atoms with E-state index >= 15 is 0 Å². The van der Waals surface area contributed by atoms with Crippen molar-refractivity contribution >= 4 is 0 Å². The average Bonchev–Trinajstić information content (AvgIpc) is 2.46. The van der Waals surface area contributed by atoms with Gasteiger partial charge in [0.15, 0.2) is 0 Å². The van der Waals surface area contributed by atoms with Crippen molar-refractivity contribution in [1.82, 2.24) is 0 Å². The van der Waals surface area contributed by atoms with Gasteiger partial charge in [0.05, 0.1) is 12.7 Å². The predicted molar refractivity (Wildman–Crippen MR) is 80.2 cm³/mol. The molecule has 0 saturated carbocycles. The Labute approximate surface area is 117 Å². The number of rotatable bonds is 7. The van der Waals surface area contributed by atoms with E-state index in [4.69, 9.17) is 10.5 Å². The minimum Gasteiger partial charge on any atom is -0.372 e. The van der Waals surface area contributed by atoms with E-state index < -0.39 is 0 Å². The van der Waals surface area contributed by atoms with Crippen molar-refractivity contribution in [3.63, 3.8) is 0 Å². The van der Waals surface area contributed by atoms with Crippen molar-refractivity contribution < 1.29 is 4.74 Å². The summed E-state index contributed by atoms with van der Waals surface area (Å²) in [5, 5.41) is 0. The van der Waals surface area contributed by atoms with Crippen molar-refractivity contribution in [3.8, 4) is 0 Å². The molecule has 106 valence electrons. The Morgan fingerprint density at radius 2 is 2.00 bits per heavy atom. The summed E-state index contributed by atoms with van der Waals surface area (Å²) in [4.78, 5) is 0. The maximum atomic E-state index is 6.35. The van der Waals surface area contributed by atoms with Crippen LogP contribution in [-0.4, -0.2) is 12.6 Å². The van der Waals surface area contributed by atoms with Crippen molar-refractivity contribution in [3.05, 3.63) is 35.4 Å². The lowest BCUT2D eigenvalue weighted by Gasteiger charge is -2.30. The van der Waals surface area contributed by atoms with Gasteiger partial charge in [0.2, 0.25) is 0 Å². The molecule has 1 aromatic rings. The highest BCUT2D eigenvalue weighted by molar-refractivity contribution is 5.31. The first kappa shape index (κ1) is 14.5. The van der Waals surface area contributed by atoms with Gasteiger partial charge >= 0.3 is 0 Å². The fraction of sp³-hybridized carbons (Fsp3) is 0.647. The fourth-order valence-corrected chi connectivity index (χ4v) is 2.91. The number of benzene rings is 1. The number of unbranched alkanes of at least 4 members (excludes halogenated alkanes) is 4. The predicted octanol–water partition coefficient (Wildman–Crippen LogP) is 3.99. The van der Waals surface area contributed by atoms with Crippen LogP contribution in [0.25, 0.3) is 0 Å². The summed E-state index contributed by atoms with van der Waals surface area (Å²) in [6, 6.07) is 8.73. The smallest absolute Gasteiger partial charge is 0.0978 e. The van der Waals surface area contributed by atoms with E-state index in [0.717, 1.165) is 19.4 Å². The van der Waals surface area contributed by atoms with Gasteiger partial charge in [-0.3, -0.25) is 0 Å². The summed E-state index contributed by atoms with van der Waals surface area (Å²) >= 11 is 0. The number of hydrogen-bond acceptors (Lipinski definition) is 2. The minimum absolute atomic E-state index is 0.108. The van der Waals surface area contributed by atoms with Crippen LogP contribution in [0.3, 0.4) is 0 Å². The molecule has 0 fully saturated rings. The van der Waals surface area contributed by atoms with Crippen LogP contribution < -0.4 is 5.73 Å². The normalized spacial score (nSPS) is 20.0. The Balaban J connectivity index is 1.84. The molecule has 2 heteroatoms. The van der Waals surface area contributed by atoms with Gasteiger partial charge < -0.3 is 10.5 Å². The Kier molecular flexibility index (Phi) is 5.87. The Hall–Kier alpha value is -0.860. The van der Waals surface area contributed by atoms with E-state index in [9.17, 15) is 0 Å². The van der Waals surface area contributed by atoms with E-state index in [2.05, 4.69) is 31.2 Å². The molecule has 2 nitrogen and oxygen atoms in total. The van der Waals surface area contributed by atoms with Crippen molar-refractivity contribution in [2.75, 3.05) is 6.61 Å². The second kappa shape index (κ2) is 7.66. The molecule has 1 heterocycles. The highest BCUT2D eigenvalue weighted by atomic mass is 16.5. The summed E-state index contributed by atoms with van der Waals surface area (Å²) in [5.41, 5.74) is 9.08. The molecule has 19 heavy (non-hydrogen) atoms. The van der Waals surface area contributed by atoms with Crippen LogP contribution in [0.15, 0.2) is 24.3 Å². The zero-order valence-electron chi connectivity index (χ0n) is 12.1. The van der Waals surface area contributed by atoms with Gasteiger partial charge in [-0.25, -0.2) is 0 Å². The highest BCUT2D eigenvalue weighted by Crippen LogP contribution is 2.30. The molecule has 1 aliphatic rings. The van der Waals surface area contributed by atoms with Crippen LogP contribution in [0.1, 0.15) is 62.7 Å². The molecule has 2 unspecified atom stereocenters. The molecule has 0 aliphatic carbocycles. The third-order valence-electron chi connectivity index (χ3n) is 4.06. The van der Waals surface area contributed by atoms with Gasteiger partial charge in [0.1, 0.15) is 0 Å². The quantitative estimate of drug-likeness (QED) is 0.753. The molecular formula is C17H27NO. The molecule has 0 bridgehead atoms. The first-order chi connectivity index (χ1) is 9.33. The summed E-state index contributed by atoms with van der Waals surface area (Å²) in [6.07, 6.45) is 8.71. The van der Waals surface area contributed by atoms with Crippen LogP contribution in [0, 0.1) is 0 Å². The standard InChI is InChI=1S/C17H27NO/c1-2-3-4-5-6-11-16(18)17-15-10-8-7-9-14(15)12-13-19-17/h7-10,16-17H,2-6,11-13,18H2,1H3. The van der Waals surface area contributed by atoms with E-state index in [1.54, 1.807) is 0 Å². The number of ether oxygens (including phenoxy) is 1. The van der Waals surface area contributed by atoms with E-state index in [0.29, 0.717) is 0 Å². The SMILES string of the molecule is CCCCCCCC(N)C1OCCc2ccccc21. The molecule has 2 rings (SSSR count). The monoisotopic (exact) mass is 261 g/mol. The lowest BCUT2D eigenvalue weighted by atomic mass is 9.91. The first-order valence-corrected chi connectivity index (χ1v) is 7.78. The minimum atomic E-state index is 0.108. The fourth-order valence-electron chi connectivity index (χ4n) is 2.91. The Bertz CT molecular complexity index is 377. The third kappa shape index (κ3) is 4.05. The van der Waals surface area contributed by atoms with Crippen molar-refractivity contribution in [2.24, 2.45) is 5.73 Å². The molecule has 0 aromatic heterocycles. The van der Waals surface area contributed by atoms with Crippen molar-refractivity contribution in [1.29, 1.82) is 0 Å². The maximum Gasteiger partial charge on any atom is 0.0978 e. The molecule has 0 saturated heterocycles. The molecule has 1 aromatic carbocycles. The van der Waals surface area contributed by atoms with Gasteiger partial charge in [0, 0.05) is 6.04 Å². The summed E-state index contributed by atoms with van der Waals surface area (Å²) in [5.74, 6) is 0. The first-order valence-electron chi connectivity index (χ1n) is 7.78. The zero-order chi connectivity index (χ0) is 13.5. The largest absolute Gasteiger partial charge is 0.372 e. The van der Waals surface area contributed by atoms with Gasteiger partial charge in [0.25, 0.3) is 0 Å². The molecule has 0 spiro atoms. The highest BCUT2D eigenvalue weighted by Gasteiger charge is 2.25. The molecule has 2 atom stereocenters. The van der Waals surface area contributed by atoms with Crippen LogP contribution in [0.5, 0.6) is 0 Å². The van der Waals surface area contributed by atoms with E-state index in [1.165, 1.54) is 43.2 Å². The number of nitrogens with two attached hydrogens (primary N) is 1. The second-order valence-electron chi connectivity index (χ2n) is 5.61. The van der Waals surface area contributed by atoms with Gasteiger partial charge in [-0.15, -0.1) is 0 Å². The molecule has 2 N–H and O–H groups in total. The van der Waals surface area contributed by atoms with Crippen LogP contribution in [0.2, 0.25) is 0 Å². The lowest BCUT2D eigenvalue weighted by Crippen LogP contribution is -2.33. The van der Waals surface area contributed by atoms with Crippen LogP contribution >= 0.6 is 0 Å². The van der Waals surface area contributed by atoms with Crippen LogP contribution in [-0.2, 0) is 11.2 Å². The van der Waals surface area contributed by atoms with Crippen LogP contribution in [0.4, 0.5) is 0 Å². The lowest BCUT2D eigenvalue weighted by molar-refractivity contribution is 0.0222. The summed E-state index contributed by atoms with van der Waals surface area (Å²) in [6.45, 7) is 3.06. The summed E-state index contributed by atoms with van der Waals surface area (Å²) < 4.78 is 5.92. The van der Waals surface area contributed by atoms with Crippen molar-refractivity contribution in [2.45, 2.75) is 64.0 Å². The zero-order valence-corrected chi connectivity index (χ0v) is 12.1. The number of fused-ring (bicyclic) bond motifs is 1. The Morgan fingerprint density at radius 3 is 2.84 bits per heavy atom. The third-order valence-corrected chi connectivity index (χ3v) is 4.06. The maximum absolute atomic E-state index is 6.35.